The maximum absolute atomic E-state index is 12.5. The van der Waals surface area contributed by atoms with Gasteiger partial charge in [-0.1, -0.05) is 12.1 Å². The molecule has 2 aromatic carbocycles. The number of methoxy groups -OCH3 is 1. The van der Waals surface area contributed by atoms with Crippen molar-refractivity contribution in [2.24, 2.45) is 0 Å². The van der Waals surface area contributed by atoms with Crippen LogP contribution in [0.25, 0.3) is 28.7 Å². The number of phenols is 1. The molecule has 0 aliphatic carbocycles. The summed E-state index contributed by atoms with van der Waals surface area (Å²) in [4.78, 5) is 30.7. The highest BCUT2D eigenvalue weighted by molar-refractivity contribution is 5.80. The number of H-pyrrole nitrogens is 2. The normalized spacial score (nSPS) is 11.3. The highest BCUT2D eigenvalue weighted by Gasteiger charge is 2.13. The third kappa shape index (κ3) is 3.28. The summed E-state index contributed by atoms with van der Waals surface area (Å²) < 4.78 is 11.1. The number of phenolic OH excluding ortho intramolecular Hbond substituents is 1. The number of nitrogens with zero attached hydrogens (tertiary/aromatic N) is 2. The van der Waals surface area contributed by atoms with Crippen LogP contribution in [-0.4, -0.2) is 27.5 Å². The van der Waals surface area contributed by atoms with E-state index in [4.69, 9.17) is 4.74 Å². The molecule has 3 N–H and O–H groups in total. The fraction of sp³-hybridized carbons (Fsp3) is 0.0526. The topological polar surface area (TPSA) is 125 Å². The molecule has 2 aromatic heterocycles. The summed E-state index contributed by atoms with van der Waals surface area (Å²) in [6, 6.07) is 9.89. The van der Waals surface area contributed by atoms with Gasteiger partial charge in [-0.05, 0) is 39.8 Å². The van der Waals surface area contributed by atoms with Crippen molar-refractivity contribution in [3.63, 3.8) is 0 Å². The molecule has 0 spiro atoms. The van der Waals surface area contributed by atoms with Crippen molar-refractivity contribution in [2.75, 3.05) is 7.11 Å². The van der Waals surface area contributed by atoms with Gasteiger partial charge in [0.2, 0.25) is 5.69 Å². The Hall–Kier alpha value is -4.14. The second kappa shape index (κ2) is 6.88. The van der Waals surface area contributed by atoms with Crippen LogP contribution in [0.3, 0.4) is 0 Å². The minimum Gasteiger partial charge on any atom is -0.504 e. The maximum atomic E-state index is 12.5. The molecule has 0 radical (unpaired) electrons. The summed E-state index contributed by atoms with van der Waals surface area (Å²) in [5.41, 5.74) is 0.986. The zero-order chi connectivity index (χ0) is 19.7. The van der Waals surface area contributed by atoms with Crippen LogP contribution < -0.4 is 20.6 Å². The molecule has 0 bridgehead atoms. The highest BCUT2D eigenvalue weighted by Crippen LogP contribution is 2.26. The molecule has 0 saturated heterocycles. The molecule has 0 unspecified atom stereocenters. The van der Waals surface area contributed by atoms with Gasteiger partial charge in [-0.25, -0.2) is 9.78 Å². The molecule has 0 aliphatic heterocycles. The van der Waals surface area contributed by atoms with Crippen LogP contribution in [0.1, 0.15) is 11.4 Å². The first-order valence-corrected chi connectivity index (χ1v) is 8.23. The van der Waals surface area contributed by atoms with Gasteiger partial charge in [-0.15, -0.1) is 0 Å². The molecule has 140 valence electrons. The first kappa shape index (κ1) is 17.3. The van der Waals surface area contributed by atoms with E-state index in [-0.39, 0.29) is 11.3 Å². The van der Waals surface area contributed by atoms with Gasteiger partial charge in [0.15, 0.2) is 11.5 Å². The fourth-order valence-electron chi connectivity index (χ4n) is 2.73. The third-order valence-electron chi connectivity index (χ3n) is 4.10. The summed E-state index contributed by atoms with van der Waals surface area (Å²) >= 11 is 0. The van der Waals surface area contributed by atoms with Gasteiger partial charge in [0.25, 0.3) is 11.8 Å². The minimum absolute atomic E-state index is 0.0459. The van der Waals surface area contributed by atoms with E-state index in [1.165, 1.54) is 24.1 Å². The molecule has 28 heavy (non-hydrogen) atoms. The van der Waals surface area contributed by atoms with Crippen LogP contribution in [0.5, 0.6) is 11.5 Å². The molecule has 9 nitrogen and oxygen atoms in total. The zero-order valence-electron chi connectivity index (χ0n) is 14.7. The third-order valence-corrected chi connectivity index (χ3v) is 4.10. The summed E-state index contributed by atoms with van der Waals surface area (Å²) in [7, 11) is 1.47. The van der Waals surface area contributed by atoms with E-state index in [1.807, 2.05) is 0 Å². The van der Waals surface area contributed by atoms with Gasteiger partial charge >= 0.3 is 5.63 Å². The lowest BCUT2D eigenvalue weighted by Crippen LogP contribution is -2.32. The molecule has 0 atom stereocenters. The zero-order valence-corrected chi connectivity index (χ0v) is 14.7. The number of aromatic nitrogens is 4. The van der Waals surface area contributed by atoms with E-state index < -0.39 is 5.63 Å². The Morgan fingerprint density at radius 1 is 1.18 bits per heavy atom. The van der Waals surface area contributed by atoms with Gasteiger partial charge in [-0.2, -0.15) is 0 Å². The van der Waals surface area contributed by atoms with Crippen LogP contribution in [0, 0.1) is 0 Å². The first-order valence-electron chi connectivity index (χ1n) is 8.23. The number of nitrogens with one attached hydrogen (secondary N) is 2. The maximum Gasteiger partial charge on any atom is 0.427 e. The Labute approximate surface area is 157 Å². The van der Waals surface area contributed by atoms with Crippen molar-refractivity contribution in [2.45, 2.75) is 0 Å². The SMILES string of the molecule is COc1cc(/C=C\c2nc3ccc(-[n+]4cc(=O)o[nH]4)cc3c(=O)[nH]2)ccc1O. The standard InChI is InChI=1S/C19H14N4O5/c1-27-16-8-11(2-6-15(16)24)3-7-17-20-14-5-4-12(9-13(14)19(26)21-17)23-10-18(25)28-22-23/h2-10H,1H3,(H2-,20,21,22,24,25,26)/p+1. The van der Waals surface area contributed by atoms with E-state index in [2.05, 4.69) is 19.8 Å². The number of benzene rings is 2. The van der Waals surface area contributed by atoms with Crippen molar-refractivity contribution in [1.82, 2.24) is 15.2 Å². The van der Waals surface area contributed by atoms with Gasteiger partial charge in [0, 0.05) is 12.1 Å². The largest absolute Gasteiger partial charge is 0.504 e. The van der Waals surface area contributed by atoms with Gasteiger partial charge in [-0.3, -0.25) is 9.32 Å². The lowest BCUT2D eigenvalue weighted by molar-refractivity contribution is -0.670. The van der Waals surface area contributed by atoms with Crippen LogP contribution in [0.2, 0.25) is 0 Å². The molecule has 9 heteroatoms. The average Bonchev–Trinajstić information content (AvgIpc) is 3.13. The molecule has 2 heterocycles. The second-order valence-electron chi connectivity index (χ2n) is 5.93. The Kier molecular flexibility index (Phi) is 4.24. The number of aromatic hydroxyl groups is 1. The first-order chi connectivity index (χ1) is 13.5. The van der Waals surface area contributed by atoms with E-state index in [0.29, 0.717) is 28.2 Å². The van der Waals surface area contributed by atoms with Crippen LogP contribution >= 0.6 is 0 Å². The van der Waals surface area contributed by atoms with Crippen LogP contribution in [0.15, 0.2) is 56.7 Å². The quantitative estimate of drug-likeness (QED) is 0.460. The van der Waals surface area contributed by atoms with E-state index in [0.717, 1.165) is 5.56 Å². The van der Waals surface area contributed by atoms with Gasteiger partial charge in [0.1, 0.15) is 5.82 Å². The van der Waals surface area contributed by atoms with Crippen molar-refractivity contribution in [1.29, 1.82) is 0 Å². The molecule has 0 saturated carbocycles. The molecular weight excluding hydrogens is 364 g/mol. The molecule has 0 aliphatic rings. The molecule has 4 aromatic rings. The minimum atomic E-state index is -0.529. The van der Waals surface area contributed by atoms with E-state index >= 15 is 0 Å². The van der Waals surface area contributed by atoms with Crippen molar-refractivity contribution in [3.05, 3.63) is 74.8 Å². The monoisotopic (exact) mass is 379 g/mol. The number of hydrogen-bond acceptors (Lipinski definition) is 6. The fourth-order valence-corrected chi connectivity index (χ4v) is 2.73. The molecular formula is C19H15N4O5+. The van der Waals surface area contributed by atoms with E-state index in [1.54, 1.807) is 42.5 Å². The Bertz CT molecular complexity index is 1320. The number of hydrogen-bond donors (Lipinski definition) is 3. The molecule has 0 amide bonds. The summed E-state index contributed by atoms with van der Waals surface area (Å²) in [5.74, 6) is 0.774. The average molecular weight is 379 g/mol. The number of rotatable bonds is 4. The summed E-state index contributed by atoms with van der Waals surface area (Å²) in [6.07, 6.45) is 4.63. The summed E-state index contributed by atoms with van der Waals surface area (Å²) in [6.45, 7) is 0. The number of ether oxygens (including phenoxy) is 1. The predicted octanol–water partition coefficient (Wildman–Crippen LogP) is 1.37. The lowest BCUT2D eigenvalue weighted by atomic mass is 10.2. The Morgan fingerprint density at radius 3 is 2.79 bits per heavy atom. The number of fused-ring (bicyclic) bond motifs is 1. The van der Waals surface area contributed by atoms with Crippen LogP contribution in [-0.2, 0) is 0 Å². The van der Waals surface area contributed by atoms with Crippen LogP contribution in [0.4, 0.5) is 0 Å². The smallest absolute Gasteiger partial charge is 0.427 e. The predicted molar refractivity (Wildman–Crippen MR) is 100 cm³/mol. The Balaban J connectivity index is 1.69. The highest BCUT2D eigenvalue weighted by atomic mass is 16.5. The number of aromatic amines is 2. The van der Waals surface area contributed by atoms with Gasteiger partial charge in [0.05, 0.1) is 18.0 Å². The Morgan fingerprint density at radius 2 is 2.04 bits per heavy atom. The molecule has 0 fully saturated rings. The van der Waals surface area contributed by atoms with Crippen molar-refractivity contribution < 1.29 is 19.0 Å². The second-order valence-corrected chi connectivity index (χ2v) is 5.93. The van der Waals surface area contributed by atoms with Gasteiger partial charge < -0.3 is 14.8 Å². The molecule has 4 rings (SSSR count). The lowest BCUT2D eigenvalue weighted by Gasteiger charge is -2.03. The van der Waals surface area contributed by atoms with Crippen molar-refractivity contribution >= 4 is 23.1 Å². The van der Waals surface area contributed by atoms with Crippen molar-refractivity contribution in [3.8, 4) is 17.2 Å². The summed E-state index contributed by atoms with van der Waals surface area (Å²) in [5, 5.41) is 12.4. The van der Waals surface area contributed by atoms with E-state index in [9.17, 15) is 14.7 Å².